The number of hydrogen-bond acceptors (Lipinski definition) is 1. The van der Waals surface area contributed by atoms with Crippen molar-refractivity contribution < 1.29 is 4.39 Å². The van der Waals surface area contributed by atoms with E-state index in [0.717, 1.165) is 24.2 Å². The maximum atomic E-state index is 13.0. The smallest absolute Gasteiger partial charge is 0.123 e. The van der Waals surface area contributed by atoms with Crippen molar-refractivity contribution in [3.63, 3.8) is 0 Å². The lowest BCUT2D eigenvalue weighted by atomic mass is 10.1. The van der Waals surface area contributed by atoms with E-state index in [1.807, 2.05) is 23.0 Å². The van der Waals surface area contributed by atoms with E-state index in [1.54, 1.807) is 6.07 Å². The molecule has 0 N–H and O–H groups in total. The fourth-order valence-corrected chi connectivity index (χ4v) is 1.52. The fraction of sp³-hybridized carbons (Fsp3) is 0.250. The summed E-state index contributed by atoms with van der Waals surface area (Å²) in [4.78, 5) is 0. The number of hydrogen-bond donors (Lipinski definition) is 0. The molecule has 0 unspecified atom stereocenters. The van der Waals surface area contributed by atoms with Gasteiger partial charge in [0, 0.05) is 18.3 Å². The van der Waals surface area contributed by atoms with Gasteiger partial charge in [-0.25, -0.2) is 4.39 Å². The summed E-state index contributed by atoms with van der Waals surface area (Å²) >= 11 is 0. The van der Waals surface area contributed by atoms with Gasteiger partial charge in [-0.15, -0.1) is 0 Å². The van der Waals surface area contributed by atoms with Crippen molar-refractivity contribution in [2.24, 2.45) is 0 Å². The molecule has 2 nitrogen and oxygen atoms in total. The van der Waals surface area contributed by atoms with E-state index in [4.69, 9.17) is 0 Å². The van der Waals surface area contributed by atoms with Crippen molar-refractivity contribution in [3.8, 4) is 11.3 Å². The highest BCUT2D eigenvalue weighted by Crippen LogP contribution is 2.17. The van der Waals surface area contributed by atoms with Gasteiger partial charge in [-0.1, -0.05) is 19.1 Å². The Morgan fingerprint density at radius 3 is 2.93 bits per heavy atom. The lowest BCUT2D eigenvalue weighted by Gasteiger charge is -1.98. The van der Waals surface area contributed by atoms with Gasteiger partial charge < -0.3 is 0 Å². The molecule has 0 atom stereocenters. The van der Waals surface area contributed by atoms with Gasteiger partial charge in [-0.05, 0) is 24.6 Å². The number of aromatic nitrogens is 2. The molecule has 0 saturated heterocycles. The normalized spacial score (nSPS) is 10.5. The number of rotatable bonds is 3. The zero-order chi connectivity index (χ0) is 10.7. The second kappa shape index (κ2) is 4.26. The minimum atomic E-state index is -0.224. The first-order valence-electron chi connectivity index (χ1n) is 5.09. The van der Waals surface area contributed by atoms with Crippen LogP contribution in [0, 0.1) is 5.82 Å². The predicted molar refractivity (Wildman–Crippen MR) is 57.9 cm³/mol. The van der Waals surface area contributed by atoms with E-state index in [1.165, 1.54) is 12.1 Å². The second-order valence-corrected chi connectivity index (χ2v) is 3.47. The van der Waals surface area contributed by atoms with Gasteiger partial charge in [0.1, 0.15) is 5.82 Å². The Hall–Kier alpha value is -1.64. The number of benzene rings is 1. The lowest BCUT2D eigenvalue weighted by Crippen LogP contribution is -1.96. The summed E-state index contributed by atoms with van der Waals surface area (Å²) in [5.41, 5.74) is 1.65. The van der Waals surface area contributed by atoms with Crippen molar-refractivity contribution >= 4 is 0 Å². The van der Waals surface area contributed by atoms with Crippen LogP contribution < -0.4 is 0 Å². The van der Waals surface area contributed by atoms with Crippen molar-refractivity contribution in [1.82, 2.24) is 9.78 Å². The third-order valence-corrected chi connectivity index (χ3v) is 2.21. The minimum Gasteiger partial charge on any atom is -0.272 e. The quantitative estimate of drug-likeness (QED) is 0.751. The van der Waals surface area contributed by atoms with E-state index < -0.39 is 0 Å². The standard InChI is InChI=1S/C12H13FN2/c1-2-7-15-8-6-12(14-15)10-4-3-5-11(13)9-10/h3-6,8-9H,2,7H2,1H3. The van der Waals surface area contributed by atoms with Crippen LogP contribution in [0.25, 0.3) is 11.3 Å². The van der Waals surface area contributed by atoms with E-state index >= 15 is 0 Å². The van der Waals surface area contributed by atoms with Crippen LogP contribution in [0.5, 0.6) is 0 Å². The van der Waals surface area contributed by atoms with Crippen LogP contribution in [-0.4, -0.2) is 9.78 Å². The summed E-state index contributed by atoms with van der Waals surface area (Å²) in [6.07, 6.45) is 2.97. The first-order chi connectivity index (χ1) is 7.29. The largest absolute Gasteiger partial charge is 0.272 e. The highest BCUT2D eigenvalue weighted by atomic mass is 19.1. The molecule has 78 valence electrons. The summed E-state index contributed by atoms with van der Waals surface area (Å²) in [6.45, 7) is 3.00. The monoisotopic (exact) mass is 204 g/mol. The van der Waals surface area contributed by atoms with Crippen LogP contribution in [0.1, 0.15) is 13.3 Å². The molecule has 0 aliphatic heterocycles. The zero-order valence-electron chi connectivity index (χ0n) is 8.65. The van der Waals surface area contributed by atoms with Crippen molar-refractivity contribution in [1.29, 1.82) is 0 Å². The molecule has 2 rings (SSSR count). The van der Waals surface area contributed by atoms with Gasteiger partial charge >= 0.3 is 0 Å². The molecule has 0 amide bonds. The fourth-order valence-electron chi connectivity index (χ4n) is 1.52. The van der Waals surface area contributed by atoms with E-state index in [2.05, 4.69) is 12.0 Å². The first kappa shape index (κ1) is 9.90. The Balaban J connectivity index is 2.29. The summed E-state index contributed by atoms with van der Waals surface area (Å²) in [7, 11) is 0. The maximum absolute atomic E-state index is 13.0. The average molecular weight is 204 g/mol. The highest BCUT2D eigenvalue weighted by molar-refractivity contribution is 5.58. The van der Waals surface area contributed by atoms with Crippen LogP contribution in [0.4, 0.5) is 4.39 Å². The third-order valence-electron chi connectivity index (χ3n) is 2.21. The Labute approximate surface area is 88.4 Å². The molecule has 0 fully saturated rings. The molecular weight excluding hydrogens is 191 g/mol. The van der Waals surface area contributed by atoms with Crippen LogP contribution >= 0.6 is 0 Å². The molecule has 1 aromatic heterocycles. The molecular formula is C12H13FN2. The zero-order valence-corrected chi connectivity index (χ0v) is 8.65. The molecule has 1 aromatic carbocycles. The Morgan fingerprint density at radius 2 is 2.20 bits per heavy atom. The van der Waals surface area contributed by atoms with Gasteiger partial charge in [-0.3, -0.25) is 4.68 Å². The lowest BCUT2D eigenvalue weighted by molar-refractivity contribution is 0.604. The summed E-state index contributed by atoms with van der Waals surface area (Å²) in [5, 5.41) is 4.36. The Morgan fingerprint density at radius 1 is 1.33 bits per heavy atom. The summed E-state index contributed by atoms with van der Waals surface area (Å²) in [5.74, 6) is -0.224. The van der Waals surface area contributed by atoms with Gasteiger partial charge in [0.25, 0.3) is 0 Å². The summed E-state index contributed by atoms with van der Waals surface area (Å²) < 4.78 is 14.8. The van der Waals surface area contributed by atoms with Crippen LogP contribution in [-0.2, 0) is 6.54 Å². The molecule has 1 heterocycles. The number of halogens is 1. The second-order valence-electron chi connectivity index (χ2n) is 3.47. The minimum absolute atomic E-state index is 0.224. The van der Waals surface area contributed by atoms with E-state index in [9.17, 15) is 4.39 Å². The Kier molecular flexibility index (Phi) is 2.81. The topological polar surface area (TPSA) is 17.8 Å². The van der Waals surface area contributed by atoms with Gasteiger partial charge in [-0.2, -0.15) is 5.10 Å². The summed E-state index contributed by atoms with van der Waals surface area (Å²) in [6, 6.07) is 8.40. The molecule has 15 heavy (non-hydrogen) atoms. The third kappa shape index (κ3) is 2.24. The van der Waals surface area contributed by atoms with Gasteiger partial charge in [0.05, 0.1) is 5.69 Å². The molecule has 0 spiro atoms. The van der Waals surface area contributed by atoms with Crippen LogP contribution in [0.2, 0.25) is 0 Å². The Bertz CT molecular complexity index is 448. The predicted octanol–water partition coefficient (Wildman–Crippen LogP) is 3.10. The first-order valence-corrected chi connectivity index (χ1v) is 5.09. The highest BCUT2D eigenvalue weighted by Gasteiger charge is 2.02. The number of aryl methyl sites for hydroxylation is 1. The molecule has 3 heteroatoms. The molecule has 2 aromatic rings. The van der Waals surface area contributed by atoms with Crippen molar-refractivity contribution in [3.05, 3.63) is 42.3 Å². The molecule has 0 aliphatic rings. The molecule has 0 bridgehead atoms. The molecule has 0 radical (unpaired) electrons. The maximum Gasteiger partial charge on any atom is 0.123 e. The van der Waals surface area contributed by atoms with Gasteiger partial charge in [0.15, 0.2) is 0 Å². The van der Waals surface area contributed by atoms with Crippen molar-refractivity contribution in [2.75, 3.05) is 0 Å². The molecule has 0 saturated carbocycles. The average Bonchev–Trinajstić information content (AvgIpc) is 2.67. The van der Waals surface area contributed by atoms with E-state index in [-0.39, 0.29) is 5.82 Å². The molecule has 0 aliphatic carbocycles. The van der Waals surface area contributed by atoms with E-state index in [0.29, 0.717) is 0 Å². The van der Waals surface area contributed by atoms with Crippen LogP contribution in [0.3, 0.4) is 0 Å². The SMILES string of the molecule is CCCn1ccc(-c2cccc(F)c2)n1. The van der Waals surface area contributed by atoms with Gasteiger partial charge in [0.2, 0.25) is 0 Å². The number of nitrogens with zero attached hydrogens (tertiary/aromatic N) is 2. The van der Waals surface area contributed by atoms with Crippen LogP contribution in [0.15, 0.2) is 36.5 Å². The van der Waals surface area contributed by atoms with Crippen molar-refractivity contribution in [2.45, 2.75) is 19.9 Å².